The van der Waals surface area contributed by atoms with E-state index in [0.29, 0.717) is 0 Å². The highest BCUT2D eigenvalue weighted by atomic mass is 16.3. The van der Waals surface area contributed by atoms with Crippen molar-refractivity contribution in [1.29, 1.82) is 0 Å². The van der Waals surface area contributed by atoms with Crippen molar-refractivity contribution < 1.29 is 5.11 Å². The number of piperidine rings is 1. The summed E-state index contributed by atoms with van der Waals surface area (Å²) in [4.78, 5) is 2.30. The van der Waals surface area contributed by atoms with Crippen LogP contribution in [-0.4, -0.2) is 23.8 Å². The van der Waals surface area contributed by atoms with Crippen molar-refractivity contribution in [2.75, 3.05) is 17.2 Å². The Hall–Kier alpha value is -1.22. The summed E-state index contributed by atoms with van der Waals surface area (Å²) in [6, 6.07) is 8.16. The third-order valence-corrected chi connectivity index (χ3v) is 3.33. The second-order valence-corrected chi connectivity index (χ2v) is 4.59. The Morgan fingerprint density at radius 2 is 2.00 bits per heavy atom. The predicted octanol–water partition coefficient (Wildman–Crippen LogP) is 2.01. The smallest absolute Gasteiger partial charge is 0.0715 e. The van der Waals surface area contributed by atoms with Crippen LogP contribution in [0.3, 0.4) is 0 Å². The molecule has 3 nitrogen and oxygen atoms in total. The first-order valence-electron chi connectivity index (χ1n) is 5.99. The highest BCUT2D eigenvalue weighted by Crippen LogP contribution is 2.27. The van der Waals surface area contributed by atoms with Crippen LogP contribution in [0.4, 0.5) is 11.4 Å². The van der Waals surface area contributed by atoms with Crippen molar-refractivity contribution in [2.24, 2.45) is 0 Å². The SMILES string of the molecule is CC(O)C1CCCCN1c1ccc(N)cc1. The molecule has 1 fully saturated rings. The quantitative estimate of drug-likeness (QED) is 0.750. The second-order valence-electron chi connectivity index (χ2n) is 4.59. The van der Waals surface area contributed by atoms with Gasteiger partial charge in [-0.1, -0.05) is 0 Å². The molecule has 3 heteroatoms. The van der Waals surface area contributed by atoms with Gasteiger partial charge < -0.3 is 15.7 Å². The van der Waals surface area contributed by atoms with Crippen molar-refractivity contribution in [3.63, 3.8) is 0 Å². The van der Waals surface area contributed by atoms with E-state index in [0.717, 1.165) is 18.7 Å². The molecule has 2 atom stereocenters. The van der Waals surface area contributed by atoms with Crippen molar-refractivity contribution >= 4 is 11.4 Å². The molecule has 2 unspecified atom stereocenters. The molecule has 1 saturated heterocycles. The maximum absolute atomic E-state index is 9.80. The van der Waals surface area contributed by atoms with E-state index in [1.165, 1.54) is 18.5 Å². The molecule has 2 rings (SSSR count). The molecule has 0 saturated carbocycles. The Morgan fingerprint density at radius 3 is 2.62 bits per heavy atom. The van der Waals surface area contributed by atoms with E-state index in [-0.39, 0.29) is 12.1 Å². The van der Waals surface area contributed by atoms with Gasteiger partial charge >= 0.3 is 0 Å². The standard InChI is InChI=1S/C13H20N2O/c1-10(16)13-4-2-3-9-15(13)12-7-5-11(14)6-8-12/h5-8,10,13,16H,2-4,9,14H2,1H3. The van der Waals surface area contributed by atoms with E-state index < -0.39 is 0 Å². The molecule has 0 aliphatic carbocycles. The first-order valence-corrected chi connectivity index (χ1v) is 5.99. The van der Waals surface area contributed by atoms with Gasteiger partial charge in [0.2, 0.25) is 0 Å². The topological polar surface area (TPSA) is 49.5 Å². The number of hydrogen-bond donors (Lipinski definition) is 2. The van der Waals surface area contributed by atoms with Crippen LogP contribution >= 0.6 is 0 Å². The Morgan fingerprint density at radius 1 is 1.31 bits per heavy atom. The number of nitrogens with two attached hydrogens (primary N) is 1. The first kappa shape index (κ1) is 11.3. The molecular weight excluding hydrogens is 200 g/mol. The number of hydrogen-bond acceptors (Lipinski definition) is 3. The van der Waals surface area contributed by atoms with E-state index in [9.17, 15) is 5.11 Å². The Kier molecular flexibility index (Phi) is 3.34. The average molecular weight is 220 g/mol. The Balaban J connectivity index is 2.19. The number of rotatable bonds is 2. The molecule has 0 amide bonds. The summed E-state index contributed by atoms with van der Waals surface area (Å²) < 4.78 is 0. The number of anilines is 2. The normalized spacial score (nSPS) is 23.1. The summed E-state index contributed by atoms with van der Waals surface area (Å²) in [5.41, 5.74) is 7.64. The summed E-state index contributed by atoms with van der Waals surface area (Å²) in [6.45, 7) is 2.90. The van der Waals surface area contributed by atoms with Gasteiger partial charge in [0.25, 0.3) is 0 Å². The minimum absolute atomic E-state index is 0.248. The summed E-state index contributed by atoms with van der Waals surface area (Å²) in [5, 5.41) is 9.80. The number of nitrogen functional groups attached to an aromatic ring is 1. The minimum atomic E-state index is -0.280. The highest BCUT2D eigenvalue weighted by molar-refractivity contribution is 5.54. The van der Waals surface area contributed by atoms with Crippen LogP contribution in [0.25, 0.3) is 0 Å². The van der Waals surface area contributed by atoms with Gasteiger partial charge in [0, 0.05) is 17.9 Å². The van der Waals surface area contributed by atoms with Crippen LogP contribution in [0.2, 0.25) is 0 Å². The Labute approximate surface area is 96.9 Å². The van der Waals surface area contributed by atoms with Gasteiger partial charge in [0.1, 0.15) is 0 Å². The maximum atomic E-state index is 9.80. The van der Waals surface area contributed by atoms with Gasteiger partial charge in [0.05, 0.1) is 12.1 Å². The van der Waals surface area contributed by atoms with E-state index >= 15 is 0 Å². The van der Waals surface area contributed by atoms with Crippen molar-refractivity contribution in [3.8, 4) is 0 Å². The van der Waals surface area contributed by atoms with Crippen LogP contribution < -0.4 is 10.6 Å². The van der Waals surface area contributed by atoms with E-state index in [4.69, 9.17) is 5.73 Å². The fourth-order valence-electron chi connectivity index (χ4n) is 2.45. The lowest BCUT2D eigenvalue weighted by molar-refractivity contribution is 0.145. The molecule has 1 aromatic rings. The molecule has 0 aromatic heterocycles. The van der Waals surface area contributed by atoms with Gasteiger partial charge in [-0.3, -0.25) is 0 Å². The van der Waals surface area contributed by atoms with Crippen LogP contribution in [-0.2, 0) is 0 Å². The van der Waals surface area contributed by atoms with Crippen LogP contribution in [0.15, 0.2) is 24.3 Å². The molecule has 88 valence electrons. The predicted molar refractivity (Wildman–Crippen MR) is 67.5 cm³/mol. The Bertz CT molecular complexity index is 334. The van der Waals surface area contributed by atoms with E-state index in [1.807, 2.05) is 31.2 Å². The van der Waals surface area contributed by atoms with Gasteiger partial charge in [-0.15, -0.1) is 0 Å². The highest BCUT2D eigenvalue weighted by Gasteiger charge is 2.26. The summed E-state index contributed by atoms with van der Waals surface area (Å²) in [7, 11) is 0. The summed E-state index contributed by atoms with van der Waals surface area (Å²) >= 11 is 0. The third kappa shape index (κ3) is 2.30. The van der Waals surface area contributed by atoms with Crippen LogP contribution in [0.5, 0.6) is 0 Å². The fraction of sp³-hybridized carbons (Fsp3) is 0.538. The molecule has 1 aromatic carbocycles. The molecule has 1 heterocycles. The molecule has 1 aliphatic heterocycles. The third-order valence-electron chi connectivity index (χ3n) is 3.33. The molecule has 0 radical (unpaired) electrons. The van der Waals surface area contributed by atoms with Crippen molar-refractivity contribution in [1.82, 2.24) is 0 Å². The number of benzene rings is 1. The van der Waals surface area contributed by atoms with Crippen molar-refractivity contribution in [3.05, 3.63) is 24.3 Å². The molecule has 0 bridgehead atoms. The van der Waals surface area contributed by atoms with Gasteiger partial charge in [-0.25, -0.2) is 0 Å². The number of nitrogens with zero attached hydrogens (tertiary/aromatic N) is 1. The van der Waals surface area contributed by atoms with Crippen LogP contribution in [0, 0.1) is 0 Å². The monoisotopic (exact) mass is 220 g/mol. The molecule has 3 N–H and O–H groups in total. The average Bonchev–Trinajstić information content (AvgIpc) is 2.30. The number of aliphatic hydroxyl groups is 1. The zero-order chi connectivity index (χ0) is 11.5. The minimum Gasteiger partial charge on any atom is -0.399 e. The van der Waals surface area contributed by atoms with Crippen molar-refractivity contribution in [2.45, 2.75) is 38.3 Å². The second kappa shape index (κ2) is 4.74. The fourth-order valence-corrected chi connectivity index (χ4v) is 2.45. The zero-order valence-corrected chi connectivity index (χ0v) is 9.76. The van der Waals surface area contributed by atoms with Gasteiger partial charge in [-0.05, 0) is 50.5 Å². The summed E-state index contributed by atoms with van der Waals surface area (Å²) in [6.07, 6.45) is 3.20. The van der Waals surface area contributed by atoms with Gasteiger partial charge in [0.15, 0.2) is 0 Å². The lowest BCUT2D eigenvalue weighted by Crippen LogP contribution is -2.45. The zero-order valence-electron chi connectivity index (χ0n) is 9.76. The molecule has 0 spiro atoms. The van der Waals surface area contributed by atoms with Gasteiger partial charge in [-0.2, -0.15) is 0 Å². The lowest BCUT2D eigenvalue weighted by Gasteiger charge is -2.39. The largest absolute Gasteiger partial charge is 0.399 e. The van der Waals surface area contributed by atoms with E-state index in [1.54, 1.807) is 0 Å². The molecule has 16 heavy (non-hydrogen) atoms. The van der Waals surface area contributed by atoms with Crippen LogP contribution in [0.1, 0.15) is 26.2 Å². The molecule has 1 aliphatic rings. The molecular formula is C13H20N2O. The maximum Gasteiger partial charge on any atom is 0.0715 e. The van der Waals surface area contributed by atoms with E-state index in [2.05, 4.69) is 4.90 Å². The summed E-state index contributed by atoms with van der Waals surface area (Å²) in [5.74, 6) is 0. The first-order chi connectivity index (χ1) is 7.68. The number of aliphatic hydroxyl groups excluding tert-OH is 1. The lowest BCUT2D eigenvalue weighted by atomic mass is 9.97.